The molecule has 0 aliphatic carbocycles. The van der Waals surface area contributed by atoms with Crippen molar-refractivity contribution in [3.05, 3.63) is 108 Å². The van der Waals surface area contributed by atoms with Crippen LogP contribution in [-0.4, -0.2) is 30.1 Å². The Morgan fingerprint density at radius 2 is 1.69 bits per heavy atom. The number of nitrogens with zero attached hydrogens (tertiary/aromatic N) is 5. The number of benzene rings is 2. The molecule has 176 valence electrons. The molecule has 0 saturated carbocycles. The maximum absolute atomic E-state index is 13.3. The zero-order valence-corrected chi connectivity index (χ0v) is 20.2. The number of imidazole rings is 1. The van der Waals surface area contributed by atoms with Crippen LogP contribution < -0.4 is 5.32 Å². The van der Waals surface area contributed by atoms with Gasteiger partial charge in [-0.05, 0) is 50.1 Å². The topological polar surface area (TPSA) is 77.1 Å². The van der Waals surface area contributed by atoms with E-state index in [-0.39, 0.29) is 5.91 Å². The number of carbonyl (C=O) groups excluding carboxylic acids is 1. The van der Waals surface area contributed by atoms with Crippen molar-refractivity contribution < 1.29 is 4.79 Å². The zero-order valence-electron chi connectivity index (χ0n) is 20.2. The fourth-order valence-corrected chi connectivity index (χ4v) is 4.48. The number of aryl methyl sites for hydroxylation is 3. The van der Waals surface area contributed by atoms with Gasteiger partial charge in [0.15, 0.2) is 5.82 Å². The van der Waals surface area contributed by atoms with Crippen LogP contribution in [-0.2, 0) is 0 Å². The van der Waals surface area contributed by atoms with E-state index in [1.807, 2.05) is 85.2 Å². The summed E-state index contributed by atoms with van der Waals surface area (Å²) in [5, 5.41) is 8.74. The number of hydrogen-bond donors (Lipinski definition) is 1. The Hall–Kier alpha value is -4.78. The summed E-state index contributed by atoms with van der Waals surface area (Å²) >= 11 is 0. The minimum Gasteiger partial charge on any atom is -0.306 e. The standard InChI is InChI=1S/C29H24N6O/c1-18-8-7-11-23-19(2)14-26(31-28(18)23)35-27(15-20(3)33-35)32-29(36)22-12-13-34-17-24(30-25(34)16-22)21-9-5-4-6-10-21/h4-17H,1-3H3,(H,32,36). The second-order valence-corrected chi connectivity index (χ2v) is 8.98. The number of para-hydroxylation sites is 1. The Morgan fingerprint density at radius 1 is 0.861 bits per heavy atom. The van der Waals surface area contributed by atoms with Gasteiger partial charge >= 0.3 is 0 Å². The second kappa shape index (κ2) is 8.46. The van der Waals surface area contributed by atoms with Crippen LogP contribution in [0.15, 0.2) is 85.2 Å². The first kappa shape index (κ1) is 21.7. The molecule has 1 amide bonds. The van der Waals surface area contributed by atoms with Gasteiger partial charge in [-0.15, -0.1) is 0 Å². The molecule has 0 radical (unpaired) electrons. The van der Waals surface area contributed by atoms with E-state index in [0.717, 1.165) is 39.0 Å². The highest BCUT2D eigenvalue weighted by atomic mass is 16.1. The first-order valence-electron chi connectivity index (χ1n) is 11.8. The molecule has 6 rings (SSSR count). The average molecular weight is 473 g/mol. The summed E-state index contributed by atoms with van der Waals surface area (Å²) in [7, 11) is 0. The molecule has 4 aromatic heterocycles. The van der Waals surface area contributed by atoms with Crippen LogP contribution >= 0.6 is 0 Å². The molecular formula is C29H24N6O. The molecule has 6 aromatic rings. The Morgan fingerprint density at radius 3 is 2.53 bits per heavy atom. The zero-order chi connectivity index (χ0) is 24.8. The lowest BCUT2D eigenvalue weighted by atomic mass is 10.1. The summed E-state index contributed by atoms with van der Waals surface area (Å²) in [5.41, 5.74) is 7.00. The van der Waals surface area contributed by atoms with Crippen LogP contribution in [0.5, 0.6) is 0 Å². The molecule has 0 aliphatic rings. The summed E-state index contributed by atoms with van der Waals surface area (Å²) in [6.07, 6.45) is 3.81. The predicted molar refractivity (Wildman–Crippen MR) is 142 cm³/mol. The smallest absolute Gasteiger partial charge is 0.257 e. The van der Waals surface area contributed by atoms with Crippen molar-refractivity contribution in [1.29, 1.82) is 0 Å². The van der Waals surface area contributed by atoms with Crippen molar-refractivity contribution in [2.24, 2.45) is 0 Å². The minimum absolute atomic E-state index is 0.239. The molecule has 0 aliphatic heterocycles. The molecule has 0 unspecified atom stereocenters. The molecule has 7 nitrogen and oxygen atoms in total. The SMILES string of the molecule is Cc1cc(NC(=O)c2ccn3cc(-c4ccccc4)nc3c2)n(-c2cc(C)c3cccc(C)c3n2)n1. The quantitative estimate of drug-likeness (QED) is 0.346. The second-order valence-electron chi connectivity index (χ2n) is 8.98. The lowest BCUT2D eigenvalue weighted by molar-refractivity contribution is 0.102. The third-order valence-electron chi connectivity index (χ3n) is 6.32. The fraction of sp³-hybridized carbons (Fsp3) is 0.103. The Kier molecular flexibility index (Phi) is 5.11. The molecule has 0 fully saturated rings. The summed E-state index contributed by atoms with van der Waals surface area (Å²) < 4.78 is 3.60. The van der Waals surface area contributed by atoms with Crippen LogP contribution in [0.3, 0.4) is 0 Å². The normalized spacial score (nSPS) is 11.3. The van der Waals surface area contributed by atoms with Gasteiger partial charge in [-0.3, -0.25) is 4.79 Å². The van der Waals surface area contributed by atoms with Gasteiger partial charge < -0.3 is 9.72 Å². The third-order valence-corrected chi connectivity index (χ3v) is 6.32. The first-order chi connectivity index (χ1) is 17.5. The number of nitrogens with one attached hydrogen (secondary N) is 1. The molecule has 0 saturated heterocycles. The highest BCUT2D eigenvalue weighted by molar-refractivity contribution is 6.04. The Balaban J connectivity index is 1.34. The Bertz CT molecular complexity index is 1760. The molecule has 0 bridgehead atoms. The van der Waals surface area contributed by atoms with E-state index in [9.17, 15) is 4.79 Å². The van der Waals surface area contributed by atoms with E-state index in [1.54, 1.807) is 16.8 Å². The molecule has 0 atom stereocenters. The highest BCUT2D eigenvalue weighted by Gasteiger charge is 2.16. The number of anilines is 1. The van der Waals surface area contributed by atoms with Crippen molar-refractivity contribution >= 4 is 28.3 Å². The molecule has 1 N–H and O–H groups in total. The van der Waals surface area contributed by atoms with E-state index in [4.69, 9.17) is 9.97 Å². The van der Waals surface area contributed by atoms with Gasteiger partial charge in [0.25, 0.3) is 5.91 Å². The van der Waals surface area contributed by atoms with E-state index in [2.05, 4.69) is 23.4 Å². The van der Waals surface area contributed by atoms with Crippen molar-refractivity contribution in [1.82, 2.24) is 24.1 Å². The maximum atomic E-state index is 13.3. The number of rotatable bonds is 4. The third kappa shape index (κ3) is 3.80. The highest BCUT2D eigenvalue weighted by Crippen LogP contribution is 2.25. The largest absolute Gasteiger partial charge is 0.306 e. The minimum atomic E-state index is -0.239. The number of carbonyl (C=O) groups is 1. The lowest BCUT2D eigenvalue weighted by Crippen LogP contribution is -2.16. The first-order valence-corrected chi connectivity index (χ1v) is 11.8. The molecule has 4 heterocycles. The van der Waals surface area contributed by atoms with E-state index < -0.39 is 0 Å². The molecular weight excluding hydrogens is 448 g/mol. The molecule has 0 spiro atoms. The van der Waals surface area contributed by atoms with Gasteiger partial charge in [0.2, 0.25) is 0 Å². The van der Waals surface area contributed by atoms with Crippen molar-refractivity contribution in [2.45, 2.75) is 20.8 Å². The number of fused-ring (bicyclic) bond motifs is 2. The van der Waals surface area contributed by atoms with Crippen LogP contribution in [0.25, 0.3) is 33.6 Å². The number of pyridine rings is 2. The average Bonchev–Trinajstić information content (AvgIpc) is 3.47. The van der Waals surface area contributed by atoms with Crippen LogP contribution in [0.1, 0.15) is 27.2 Å². The number of aromatic nitrogens is 5. The lowest BCUT2D eigenvalue weighted by Gasteiger charge is -2.12. The van der Waals surface area contributed by atoms with E-state index >= 15 is 0 Å². The van der Waals surface area contributed by atoms with Crippen LogP contribution in [0.4, 0.5) is 5.82 Å². The van der Waals surface area contributed by atoms with Crippen LogP contribution in [0, 0.1) is 20.8 Å². The molecule has 36 heavy (non-hydrogen) atoms. The number of amides is 1. The van der Waals surface area contributed by atoms with E-state index in [1.165, 1.54) is 0 Å². The van der Waals surface area contributed by atoms with Gasteiger partial charge in [0, 0.05) is 35.0 Å². The van der Waals surface area contributed by atoms with Gasteiger partial charge in [0.1, 0.15) is 11.5 Å². The molecule has 7 heteroatoms. The predicted octanol–water partition coefficient (Wildman–Crippen LogP) is 5.91. The number of hydrogen-bond acceptors (Lipinski definition) is 4. The summed E-state index contributed by atoms with van der Waals surface area (Å²) in [6.45, 7) is 6.00. The van der Waals surface area contributed by atoms with Crippen molar-refractivity contribution in [3.8, 4) is 17.1 Å². The Labute approximate surface area is 208 Å². The monoisotopic (exact) mass is 472 g/mol. The fourth-order valence-electron chi connectivity index (χ4n) is 4.48. The van der Waals surface area contributed by atoms with Gasteiger partial charge in [-0.1, -0.05) is 48.5 Å². The van der Waals surface area contributed by atoms with Crippen molar-refractivity contribution in [3.63, 3.8) is 0 Å². The van der Waals surface area contributed by atoms with Gasteiger partial charge in [0.05, 0.1) is 16.9 Å². The van der Waals surface area contributed by atoms with Gasteiger partial charge in [-0.2, -0.15) is 9.78 Å². The maximum Gasteiger partial charge on any atom is 0.257 e. The van der Waals surface area contributed by atoms with Gasteiger partial charge in [-0.25, -0.2) is 9.97 Å². The van der Waals surface area contributed by atoms with Crippen LogP contribution in [0.2, 0.25) is 0 Å². The summed E-state index contributed by atoms with van der Waals surface area (Å²) in [4.78, 5) is 22.8. The van der Waals surface area contributed by atoms with E-state index in [0.29, 0.717) is 22.8 Å². The molecule has 2 aromatic carbocycles. The summed E-state index contributed by atoms with van der Waals surface area (Å²) in [5.74, 6) is 0.982. The van der Waals surface area contributed by atoms with Crippen molar-refractivity contribution in [2.75, 3.05) is 5.32 Å². The summed E-state index contributed by atoms with van der Waals surface area (Å²) in [6, 6.07) is 23.5.